The largest absolute Gasteiger partial charge is 0.291 e. The molecule has 1 heterocycles. The molecule has 3 aromatic rings. The Hall–Kier alpha value is -1.99. The van der Waals surface area contributed by atoms with Gasteiger partial charge in [-0.15, -0.1) is 0 Å². The molecule has 0 radical (unpaired) electrons. The number of hydrogen-bond acceptors (Lipinski definition) is 3. The Bertz CT molecular complexity index is 1190. The fraction of sp³-hybridized carbons (Fsp3) is 0.280. The molecule has 174 valence electrons. The molecule has 0 spiro atoms. The second-order valence-corrected chi connectivity index (χ2v) is 12.0. The van der Waals surface area contributed by atoms with Crippen molar-refractivity contribution in [2.24, 2.45) is 5.41 Å². The Labute approximate surface area is 202 Å². The molecule has 3 nitrogen and oxygen atoms in total. The zero-order valence-electron chi connectivity index (χ0n) is 18.1. The monoisotopic (exact) mass is 509 g/mol. The lowest BCUT2D eigenvalue weighted by Gasteiger charge is -2.54. The molecule has 3 aromatic carbocycles. The van der Waals surface area contributed by atoms with Crippen LogP contribution in [0.1, 0.15) is 34.9 Å². The van der Waals surface area contributed by atoms with Gasteiger partial charge in [0.15, 0.2) is 9.84 Å². The third kappa shape index (κ3) is 5.09. The van der Waals surface area contributed by atoms with E-state index in [2.05, 4.69) is 4.90 Å². The predicted molar refractivity (Wildman–Crippen MR) is 128 cm³/mol. The van der Waals surface area contributed by atoms with Gasteiger partial charge in [0.2, 0.25) is 0 Å². The van der Waals surface area contributed by atoms with Crippen molar-refractivity contribution in [3.05, 3.63) is 105 Å². The average Bonchev–Trinajstić information content (AvgIpc) is 2.68. The van der Waals surface area contributed by atoms with E-state index in [1.165, 1.54) is 0 Å². The van der Waals surface area contributed by atoms with Crippen LogP contribution < -0.4 is 0 Å². The van der Waals surface area contributed by atoms with Crippen LogP contribution in [0.5, 0.6) is 0 Å². The summed E-state index contributed by atoms with van der Waals surface area (Å²) in [7, 11) is -3.65. The van der Waals surface area contributed by atoms with Crippen molar-refractivity contribution in [3.8, 4) is 0 Å². The highest BCUT2D eigenvalue weighted by atomic mass is 35.5. The summed E-state index contributed by atoms with van der Waals surface area (Å²) in [5.74, 6) is -1.59. The zero-order valence-corrected chi connectivity index (χ0v) is 20.4. The third-order valence-electron chi connectivity index (χ3n) is 6.11. The molecular formula is C25H23Cl2F2NO2S. The van der Waals surface area contributed by atoms with Gasteiger partial charge in [0.05, 0.1) is 11.3 Å². The van der Waals surface area contributed by atoms with Crippen molar-refractivity contribution in [1.82, 2.24) is 4.90 Å². The Morgan fingerprint density at radius 2 is 1.24 bits per heavy atom. The molecule has 0 bridgehead atoms. The van der Waals surface area contributed by atoms with Gasteiger partial charge >= 0.3 is 0 Å². The molecule has 4 rings (SSSR count). The lowest BCUT2D eigenvalue weighted by Crippen LogP contribution is -2.59. The molecule has 1 atom stereocenters. The van der Waals surface area contributed by atoms with Gasteiger partial charge in [-0.1, -0.05) is 54.4 Å². The van der Waals surface area contributed by atoms with Crippen molar-refractivity contribution in [2.75, 3.05) is 19.3 Å². The summed E-state index contributed by atoms with van der Waals surface area (Å²) < 4.78 is 53.5. The van der Waals surface area contributed by atoms with Crippen LogP contribution in [0.4, 0.5) is 8.78 Å². The fourth-order valence-electron chi connectivity index (χ4n) is 5.03. The van der Waals surface area contributed by atoms with E-state index in [1.54, 1.807) is 0 Å². The first kappa shape index (κ1) is 24.1. The summed E-state index contributed by atoms with van der Waals surface area (Å²) in [5, 5.41) is 0.196. The van der Waals surface area contributed by atoms with Gasteiger partial charge in [0.1, 0.15) is 11.6 Å². The molecule has 1 aliphatic rings. The van der Waals surface area contributed by atoms with Crippen LogP contribution in [0.15, 0.2) is 66.7 Å². The van der Waals surface area contributed by atoms with Gasteiger partial charge in [-0.3, -0.25) is 4.90 Å². The molecule has 1 aliphatic heterocycles. The topological polar surface area (TPSA) is 37.4 Å². The number of likely N-dealkylation sites (tertiary alicyclic amines) is 1. The Balaban J connectivity index is 1.70. The van der Waals surface area contributed by atoms with Crippen LogP contribution in [0.3, 0.4) is 0 Å². The lowest BCUT2D eigenvalue weighted by molar-refractivity contribution is -0.0116. The summed E-state index contributed by atoms with van der Waals surface area (Å²) in [5.41, 5.74) is 1.39. The van der Waals surface area contributed by atoms with E-state index in [0.29, 0.717) is 23.1 Å². The molecule has 0 amide bonds. The molecule has 0 unspecified atom stereocenters. The molecule has 33 heavy (non-hydrogen) atoms. The Kier molecular flexibility index (Phi) is 6.58. The first-order valence-electron chi connectivity index (χ1n) is 10.4. The maximum absolute atomic E-state index is 13.9. The van der Waals surface area contributed by atoms with Crippen LogP contribution in [-0.4, -0.2) is 32.7 Å². The van der Waals surface area contributed by atoms with E-state index in [0.717, 1.165) is 35.6 Å². The van der Waals surface area contributed by atoms with E-state index in [-0.39, 0.29) is 11.6 Å². The van der Waals surface area contributed by atoms with Gasteiger partial charge in [-0.05, 0) is 53.1 Å². The van der Waals surface area contributed by atoms with E-state index in [4.69, 9.17) is 23.2 Å². The number of sulfone groups is 1. The number of rotatable bonds is 6. The van der Waals surface area contributed by atoms with Crippen LogP contribution in [0.25, 0.3) is 0 Å². The molecule has 0 aromatic heterocycles. The highest BCUT2D eigenvalue weighted by molar-refractivity contribution is 7.91. The summed E-state index contributed by atoms with van der Waals surface area (Å²) in [6, 6.07) is 17.8. The molecular weight excluding hydrogens is 487 g/mol. The van der Waals surface area contributed by atoms with E-state index in [1.807, 2.05) is 55.5 Å². The van der Waals surface area contributed by atoms with Crippen molar-refractivity contribution in [2.45, 2.75) is 18.2 Å². The standard InChI is InChI=1S/C25H23Cl2F2NO2S/c1-25(24(33(2,31)32)18-11-21(28)13-22(29)12-18)14-30(15-25)23(16-3-7-19(26)8-4-16)17-5-9-20(27)10-6-17/h3-13,23-24H,14-15H2,1-2H3/t24-/m0/s1. The van der Waals surface area contributed by atoms with Gasteiger partial charge in [-0.2, -0.15) is 0 Å². The third-order valence-corrected chi connectivity index (χ3v) is 8.32. The van der Waals surface area contributed by atoms with Crippen molar-refractivity contribution in [1.29, 1.82) is 0 Å². The van der Waals surface area contributed by atoms with Crippen LogP contribution in [-0.2, 0) is 9.84 Å². The highest BCUT2D eigenvalue weighted by Crippen LogP contribution is 2.50. The normalized spacial score (nSPS) is 17.1. The summed E-state index contributed by atoms with van der Waals surface area (Å²) in [4.78, 5) is 2.15. The summed E-state index contributed by atoms with van der Waals surface area (Å²) >= 11 is 12.2. The van der Waals surface area contributed by atoms with Gasteiger partial charge in [0.25, 0.3) is 0 Å². The second-order valence-electron chi connectivity index (χ2n) is 8.98. The van der Waals surface area contributed by atoms with Crippen molar-refractivity contribution >= 4 is 33.0 Å². The number of halogens is 4. The second kappa shape index (κ2) is 8.99. The predicted octanol–water partition coefficient (Wildman–Crippen LogP) is 6.47. The number of hydrogen-bond donors (Lipinski definition) is 0. The summed E-state index contributed by atoms with van der Waals surface area (Å²) in [6.07, 6.45) is 1.12. The minimum Gasteiger partial charge on any atom is -0.291 e. The van der Waals surface area contributed by atoms with Crippen molar-refractivity contribution < 1.29 is 17.2 Å². The van der Waals surface area contributed by atoms with Crippen LogP contribution in [0, 0.1) is 17.0 Å². The van der Waals surface area contributed by atoms with Crippen LogP contribution in [0.2, 0.25) is 10.0 Å². The number of nitrogens with zero attached hydrogens (tertiary/aromatic N) is 1. The Morgan fingerprint density at radius 1 is 0.818 bits per heavy atom. The maximum atomic E-state index is 13.9. The van der Waals surface area contributed by atoms with Crippen LogP contribution >= 0.6 is 23.2 Å². The van der Waals surface area contributed by atoms with Gasteiger partial charge in [0, 0.05) is 40.9 Å². The SMILES string of the molecule is CC1([C@H](c2cc(F)cc(F)c2)S(C)(=O)=O)CN(C(c2ccc(Cl)cc2)c2ccc(Cl)cc2)C1. The first-order valence-corrected chi connectivity index (χ1v) is 13.1. The fourth-order valence-corrected chi connectivity index (χ4v) is 7.09. The maximum Gasteiger partial charge on any atom is 0.155 e. The molecule has 1 saturated heterocycles. The van der Waals surface area contributed by atoms with Crippen molar-refractivity contribution in [3.63, 3.8) is 0 Å². The lowest BCUT2D eigenvalue weighted by atomic mass is 9.74. The smallest absolute Gasteiger partial charge is 0.155 e. The molecule has 1 fully saturated rings. The Morgan fingerprint density at radius 3 is 1.64 bits per heavy atom. The molecule has 0 N–H and O–H groups in total. The van der Waals surface area contributed by atoms with Gasteiger partial charge in [-0.25, -0.2) is 17.2 Å². The minimum absolute atomic E-state index is 0.131. The van der Waals surface area contributed by atoms with E-state index >= 15 is 0 Å². The minimum atomic E-state index is -3.65. The van der Waals surface area contributed by atoms with E-state index in [9.17, 15) is 17.2 Å². The van der Waals surface area contributed by atoms with Gasteiger partial charge < -0.3 is 0 Å². The quantitative estimate of drug-likeness (QED) is 0.382. The first-order chi connectivity index (χ1) is 15.5. The molecule has 0 saturated carbocycles. The summed E-state index contributed by atoms with van der Waals surface area (Å²) in [6.45, 7) is 2.68. The van der Waals surface area contributed by atoms with E-state index < -0.39 is 32.1 Å². The molecule has 0 aliphatic carbocycles. The molecule has 8 heteroatoms. The highest BCUT2D eigenvalue weighted by Gasteiger charge is 2.52. The number of benzene rings is 3. The average molecular weight is 510 g/mol. The zero-order chi connectivity index (χ0) is 24.0.